The van der Waals surface area contributed by atoms with Gasteiger partial charge in [-0.25, -0.2) is 4.79 Å². The molecule has 0 saturated carbocycles. The third-order valence-corrected chi connectivity index (χ3v) is 8.04. The van der Waals surface area contributed by atoms with Crippen molar-refractivity contribution in [1.29, 1.82) is 0 Å². The highest BCUT2D eigenvalue weighted by Gasteiger charge is 2.37. The van der Waals surface area contributed by atoms with E-state index in [9.17, 15) is 14.4 Å². The van der Waals surface area contributed by atoms with Crippen LogP contribution in [0.5, 0.6) is 5.75 Å². The monoisotopic (exact) mass is 643 g/mol. The van der Waals surface area contributed by atoms with Crippen molar-refractivity contribution in [3.63, 3.8) is 0 Å². The predicted molar refractivity (Wildman–Crippen MR) is 189 cm³/mol. The molecule has 2 N–H and O–H groups in total. The number of methoxy groups -OCH3 is 1. The van der Waals surface area contributed by atoms with Gasteiger partial charge in [-0.05, 0) is 87.6 Å². The first-order valence-electron chi connectivity index (χ1n) is 16.8. The topological polar surface area (TPSA) is 97.0 Å². The molecule has 8 nitrogen and oxygen atoms in total. The van der Waals surface area contributed by atoms with Crippen LogP contribution in [-0.4, -0.2) is 48.1 Å². The summed E-state index contributed by atoms with van der Waals surface area (Å²) in [6.45, 7) is 11.8. The van der Waals surface area contributed by atoms with Gasteiger partial charge in [0.05, 0.1) is 7.11 Å². The molecule has 2 atom stereocenters. The summed E-state index contributed by atoms with van der Waals surface area (Å²) in [5.41, 5.74) is 3.30. The normalized spacial score (nSPS) is 12.5. The molecule has 8 heteroatoms. The number of hydrogen-bond donors (Lipinski definition) is 2. The number of benzene rings is 3. The van der Waals surface area contributed by atoms with Gasteiger partial charge in [0, 0.05) is 18.7 Å². The third-order valence-electron chi connectivity index (χ3n) is 8.04. The molecule has 47 heavy (non-hydrogen) atoms. The van der Waals surface area contributed by atoms with Crippen LogP contribution in [0.4, 0.5) is 10.5 Å². The molecule has 0 aromatic heterocycles. The van der Waals surface area contributed by atoms with E-state index < -0.39 is 23.8 Å². The van der Waals surface area contributed by atoms with Crippen molar-refractivity contribution in [2.45, 2.75) is 104 Å². The van der Waals surface area contributed by atoms with E-state index in [4.69, 9.17) is 9.47 Å². The van der Waals surface area contributed by atoms with Gasteiger partial charge in [-0.2, -0.15) is 0 Å². The summed E-state index contributed by atoms with van der Waals surface area (Å²) in [7, 11) is 1.59. The third kappa shape index (κ3) is 11.8. The minimum Gasteiger partial charge on any atom is -0.497 e. The first-order valence-corrected chi connectivity index (χ1v) is 16.8. The number of nitrogens with zero attached hydrogens (tertiary/aromatic N) is 1. The first kappa shape index (κ1) is 37.1. The molecule has 0 aliphatic heterocycles. The Balaban J connectivity index is 2.08. The van der Waals surface area contributed by atoms with E-state index in [1.807, 2.05) is 62.4 Å². The van der Waals surface area contributed by atoms with Gasteiger partial charge in [0.1, 0.15) is 23.4 Å². The fraction of sp³-hybridized carbons (Fsp3) is 0.462. The predicted octanol–water partition coefficient (Wildman–Crippen LogP) is 8.32. The highest BCUT2D eigenvalue weighted by atomic mass is 16.6. The van der Waals surface area contributed by atoms with Gasteiger partial charge in [0.2, 0.25) is 5.91 Å². The van der Waals surface area contributed by atoms with Crippen molar-refractivity contribution >= 4 is 23.6 Å². The van der Waals surface area contributed by atoms with Gasteiger partial charge in [0.15, 0.2) is 0 Å². The molecule has 0 radical (unpaired) electrons. The fourth-order valence-electron chi connectivity index (χ4n) is 5.70. The molecule has 0 aliphatic carbocycles. The van der Waals surface area contributed by atoms with Gasteiger partial charge >= 0.3 is 6.09 Å². The quantitative estimate of drug-likeness (QED) is 0.153. The van der Waals surface area contributed by atoms with Gasteiger partial charge in [-0.15, -0.1) is 0 Å². The first-order chi connectivity index (χ1) is 22.4. The van der Waals surface area contributed by atoms with E-state index >= 15 is 0 Å². The van der Waals surface area contributed by atoms with Crippen LogP contribution >= 0.6 is 0 Å². The van der Waals surface area contributed by atoms with E-state index in [-0.39, 0.29) is 18.2 Å². The number of nitrogens with one attached hydrogen (secondary N) is 2. The van der Waals surface area contributed by atoms with Crippen molar-refractivity contribution in [3.05, 3.63) is 95.1 Å². The lowest BCUT2D eigenvalue weighted by atomic mass is 9.92. The van der Waals surface area contributed by atoms with Gasteiger partial charge in [0.25, 0.3) is 5.91 Å². The Morgan fingerprint density at radius 2 is 1.43 bits per heavy atom. The van der Waals surface area contributed by atoms with Crippen LogP contribution in [0.3, 0.4) is 0 Å². The van der Waals surface area contributed by atoms with Crippen molar-refractivity contribution in [2.24, 2.45) is 0 Å². The molecule has 3 aromatic carbocycles. The summed E-state index contributed by atoms with van der Waals surface area (Å²) < 4.78 is 10.9. The largest absolute Gasteiger partial charge is 0.497 e. The molecular formula is C39H53N3O5. The second kappa shape index (κ2) is 18.1. The lowest BCUT2D eigenvalue weighted by Crippen LogP contribution is -2.53. The van der Waals surface area contributed by atoms with Crippen molar-refractivity contribution in [3.8, 4) is 5.75 Å². The van der Waals surface area contributed by atoms with Crippen LogP contribution in [0.2, 0.25) is 0 Å². The smallest absolute Gasteiger partial charge is 0.408 e. The van der Waals surface area contributed by atoms with Crippen molar-refractivity contribution < 1.29 is 23.9 Å². The molecule has 0 bridgehead atoms. The Hall–Kier alpha value is -4.33. The summed E-state index contributed by atoms with van der Waals surface area (Å²) in [4.78, 5) is 44.1. The number of amides is 3. The maximum Gasteiger partial charge on any atom is 0.408 e. The Morgan fingerprint density at radius 1 is 0.809 bits per heavy atom. The van der Waals surface area contributed by atoms with E-state index in [1.54, 1.807) is 57.0 Å². The number of aryl methyl sites for hydroxylation is 2. The highest BCUT2D eigenvalue weighted by molar-refractivity contribution is 5.99. The van der Waals surface area contributed by atoms with Crippen LogP contribution in [0, 0.1) is 13.8 Å². The number of ether oxygens (including phenoxy) is 2. The molecule has 0 fully saturated rings. The maximum absolute atomic E-state index is 14.9. The number of anilines is 1. The van der Waals surface area contributed by atoms with Crippen LogP contribution < -0.4 is 15.4 Å². The average molecular weight is 644 g/mol. The van der Waals surface area contributed by atoms with Gasteiger partial charge in [-0.1, -0.05) is 87.6 Å². The van der Waals surface area contributed by atoms with Gasteiger partial charge < -0.3 is 25.0 Å². The Bertz CT molecular complexity index is 1410. The number of unbranched alkanes of at least 4 members (excludes halogenated alkanes) is 5. The summed E-state index contributed by atoms with van der Waals surface area (Å²) in [5, 5.41) is 5.92. The highest BCUT2D eigenvalue weighted by Crippen LogP contribution is 2.31. The van der Waals surface area contributed by atoms with Crippen molar-refractivity contribution in [1.82, 2.24) is 10.2 Å². The van der Waals surface area contributed by atoms with Crippen molar-refractivity contribution in [2.75, 3.05) is 19.0 Å². The zero-order valence-electron chi connectivity index (χ0n) is 29.2. The lowest BCUT2D eigenvalue weighted by Gasteiger charge is -2.36. The fourth-order valence-corrected chi connectivity index (χ4v) is 5.70. The van der Waals surface area contributed by atoms with Crippen LogP contribution in [-0.2, 0) is 20.7 Å². The second-order valence-corrected chi connectivity index (χ2v) is 13.1. The summed E-state index contributed by atoms with van der Waals surface area (Å²) in [6.07, 6.45) is 5.68. The van der Waals surface area contributed by atoms with E-state index in [0.29, 0.717) is 18.0 Å². The van der Waals surface area contributed by atoms with E-state index in [2.05, 4.69) is 17.6 Å². The number of alkyl carbamates (subject to hydrolysis) is 1. The molecule has 3 rings (SSSR count). The summed E-state index contributed by atoms with van der Waals surface area (Å²) >= 11 is 0. The molecule has 0 spiro atoms. The molecule has 0 heterocycles. The van der Waals surface area contributed by atoms with Gasteiger partial charge in [-0.3, -0.25) is 9.59 Å². The zero-order valence-corrected chi connectivity index (χ0v) is 29.2. The minimum absolute atomic E-state index is 0.242. The van der Waals surface area contributed by atoms with E-state index in [0.717, 1.165) is 60.8 Å². The standard InChI is InChI=1S/C39H53N3O5/c1-8-9-10-11-12-16-26-42(37(44)33(27-30-20-14-13-15-21-30)41-38(45)47-39(4,5)6)35(34-28(2)18-17-19-29(34)3)36(43)40-31-22-24-32(46-7)25-23-31/h13-15,17-25,33,35H,8-12,16,26-27H2,1-7H3,(H,40,43)(H,41,45). The molecule has 2 unspecified atom stereocenters. The lowest BCUT2D eigenvalue weighted by molar-refractivity contribution is -0.141. The molecule has 0 aliphatic rings. The Labute approximate surface area is 281 Å². The molecule has 0 saturated heterocycles. The Kier molecular flexibility index (Phi) is 14.3. The zero-order chi connectivity index (χ0) is 34.4. The van der Waals surface area contributed by atoms with E-state index in [1.165, 1.54) is 0 Å². The molecule has 3 amide bonds. The number of carbonyl (C=O) groups is 3. The summed E-state index contributed by atoms with van der Waals surface area (Å²) in [6, 6.07) is 20.7. The minimum atomic E-state index is -0.965. The Morgan fingerprint density at radius 3 is 2.02 bits per heavy atom. The maximum atomic E-state index is 14.9. The molecular weight excluding hydrogens is 590 g/mol. The van der Waals surface area contributed by atoms with Crippen LogP contribution in [0.25, 0.3) is 0 Å². The number of hydrogen-bond acceptors (Lipinski definition) is 5. The average Bonchev–Trinajstić information content (AvgIpc) is 3.02. The summed E-state index contributed by atoms with van der Waals surface area (Å²) in [5.74, 6) is -0.000390. The molecule has 3 aromatic rings. The van der Waals surface area contributed by atoms with Crippen LogP contribution in [0.15, 0.2) is 72.8 Å². The van der Waals surface area contributed by atoms with Crippen LogP contribution in [0.1, 0.15) is 94.5 Å². The number of carbonyl (C=O) groups excluding carboxylic acids is 3. The number of rotatable bonds is 16. The second-order valence-electron chi connectivity index (χ2n) is 13.1. The SMILES string of the molecule is CCCCCCCCN(C(=O)C(Cc1ccccc1)NC(=O)OC(C)(C)C)C(C(=O)Nc1ccc(OC)cc1)c1c(C)cccc1C. The molecule has 254 valence electrons.